The molecule has 0 unspecified atom stereocenters. The monoisotopic (exact) mass is 359 g/mol. The molecule has 0 bridgehead atoms. The van der Waals surface area contributed by atoms with Gasteiger partial charge < -0.3 is 10.6 Å². The van der Waals surface area contributed by atoms with Crippen molar-refractivity contribution in [1.82, 2.24) is 20.4 Å². The molecule has 0 aliphatic carbocycles. The van der Waals surface area contributed by atoms with Gasteiger partial charge in [-0.05, 0) is 19.3 Å². The highest BCUT2D eigenvalue weighted by Gasteiger charge is 2.25. The van der Waals surface area contributed by atoms with E-state index in [2.05, 4.69) is 15.6 Å². The van der Waals surface area contributed by atoms with Crippen molar-refractivity contribution >= 4 is 17.8 Å². The number of nitrogens with zero attached hydrogens (tertiary/aromatic N) is 3. The van der Waals surface area contributed by atoms with E-state index in [0.717, 1.165) is 12.8 Å². The number of rotatable bonds is 6. The lowest BCUT2D eigenvalue weighted by molar-refractivity contribution is -0.147. The maximum Gasteiger partial charge on any atom is 0.251 e. The molecule has 2 rings (SSSR count). The molecule has 2 aliphatic rings. The lowest BCUT2D eigenvalue weighted by Gasteiger charge is -2.33. The van der Waals surface area contributed by atoms with E-state index in [0.29, 0.717) is 51.4 Å². The van der Waals surface area contributed by atoms with Gasteiger partial charge in [0, 0.05) is 52.1 Å². The van der Waals surface area contributed by atoms with Crippen molar-refractivity contribution in [2.24, 2.45) is 4.99 Å². The predicted octanol–water partition coefficient (Wildman–Crippen LogP) is 0.420. The first-order chi connectivity index (χ1) is 12.0. The zero-order chi connectivity index (χ0) is 18.2. The minimum atomic E-state index is -2.29. The smallest absolute Gasteiger partial charge is 0.251 e. The average molecular weight is 359 g/mol. The molecule has 0 radical (unpaired) electrons. The highest BCUT2D eigenvalue weighted by atomic mass is 19.3. The molecule has 0 aromatic heterocycles. The van der Waals surface area contributed by atoms with Gasteiger partial charge in [0.1, 0.15) is 0 Å². The molecule has 25 heavy (non-hydrogen) atoms. The normalized spacial score (nSPS) is 21.1. The third-order valence-corrected chi connectivity index (χ3v) is 4.56. The number of piperidine rings is 2. The fourth-order valence-corrected chi connectivity index (χ4v) is 3.18. The zero-order valence-corrected chi connectivity index (χ0v) is 14.6. The molecular weight excluding hydrogens is 332 g/mol. The number of amides is 2. The Kier molecular flexibility index (Phi) is 7.54. The van der Waals surface area contributed by atoms with Crippen molar-refractivity contribution in [2.75, 3.05) is 39.8 Å². The molecule has 2 fully saturated rings. The highest BCUT2D eigenvalue weighted by Crippen LogP contribution is 2.12. The second-order valence-corrected chi connectivity index (χ2v) is 6.40. The summed E-state index contributed by atoms with van der Waals surface area (Å²) in [5.74, 6) is 0.365. The fourth-order valence-electron chi connectivity index (χ4n) is 3.18. The molecule has 0 aromatic rings. The van der Waals surface area contributed by atoms with E-state index in [-0.39, 0.29) is 24.4 Å². The third-order valence-electron chi connectivity index (χ3n) is 4.56. The minimum Gasteiger partial charge on any atom is -0.355 e. The number of imide groups is 1. The fraction of sp³-hybridized carbons (Fsp3) is 0.812. The van der Waals surface area contributed by atoms with Gasteiger partial charge >= 0.3 is 0 Å². The van der Waals surface area contributed by atoms with Crippen LogP contribution in [0.4, 0.5) is 8.78 Å². The maximum atomic E-state index is 12.4. The molecule has 0 atom stereocenters. The Morgan fingerprint density at radius 1 is 1.24 bits per heavy atom. The van der Waals surface area contributed by atoms with Gasteiger partial charge in [0.25, 0.3) is 6.43 Å². The largest absolute Gasteiger partial charge is 0.355 e. The number of nitrogens with one attached hydrogen (secondary N) is 2. The number of alkyl halides is 2. The molecule has 0 aromatic carbocycles. The van der Waals surface area contributed by atoms with Gasteiger partial charge in [-0.1, -0.05) is 0 Å². The number of hydrogen-bond donors (Lipinski definition) is 2. The highest BCUT2D eigenvalue weighted by molar-refractivity contribution is 5.97. The Bertz CT molecular complexity index is 477. The van der Waals surface area contributed by atoms with Crippen LogP contribution in [0.5, 0.6) is 0 Å². The number of guanidine groups is 1. The molecule has 142 valence electrons. The number of aliphatic imine (C=N–C) groups is 1. The van der Waals surface area contributed by atoms with E-state index >= 15 is 0 Å². The topological polar surface area (TPSA) is 77.0 Å². The molecule has 2 amide bonds. The summed E-state index contributed by atoms with van der Waals surface area (Å²) in [6.07, 6.45) is 0.743. The van der Waals surface area contributed by atoms with Crippen LogP contribution in [0.1, 0.15) is 32.1 Å². The SMILES string of the molecule is CN=C(NCCN1C(=O)CCCC1=O)NC1CCN(CC(F)F)CC1. The summed E-state index contributed by atoms with van der Waals surface area (Å²) in [4.78, 5) is 30.7. The van der Waals surface area contributed by atoms with E-state index in [1.807, 2.05) is 0 Å². The molecule has 7 nitrogen and oxygen atoms in total. The Hall–Kier alpha value is -1.77. The zero-order valence-electron chi connectivity index (χ0n) is 14.6. The third kappa shape index (κ3) is 6.22. The summed E-state index contributed by atoms with van der Waals surface area (Å²) in [5.41, 5.74) is 0. The molecule has 2 N–H and O–H groups in total. The van der Waals surface area contributed by atoms with Gasteiger partial charge in [0.15, 0.2) is 5.96 Å². The summed E-state index contributed by atoms with van der Waals surface area (Å²) in [5, 5.41) is 6.38. The van der Waals surface area contributed by atoms with Gasteiger partial charge in [0.05, 0.1) is 6.54 Å². The van der Waals surface area contributed by atoms with Crippen LogP contribution in [-0.4, -0.2) is 79.8 Å². The van der Waals surface area contributed by atoms with Gasteiger partial charge in [-0.3, -0.25) is 24.4 Å². The Balaban J connectivity index is 1.69. The number of carbonyl (C=O) groups excluding carboxylic acids is 2. The Morgan fingerprint density at radius 2 is 1.88 bits per heavy atom. The average Bonchev–Trinajstić information content (AvgIpc) is 2.57. The van der Waals surface area contributed by atoms with Crippen molar-refractivity contribution in [3.63, 3.8) is 0 Å². The summed E-state index contributed by atoms with van der Waals surface area (Å²) in [7, 11) is 1.65. The summed E-state index contributed by atoms with van der Waals surface area (Å²) in [6, 6.07) is 0.179. The van der Waals surface area contributed by atoms with E-state index in [1.165, 1.54) is 4.90 Å². The maximum absolute atomic E-state index is 12.4. The number of hydrogen-bond acceptors (Lipinski definition) is 4. The molecular formula is C16H27F2N5O2. The quantitative estimate of drug-likeness (QED) is 0.408. The number of carbonyl (C=O) groups is 2. The first-order valence-corrected chi connectivity index (χ1v) is 8.80. The van der Waals surface area contributed by atoms with Crippen molar-refractivity contribution in [3.8, 4) is 0 Å². The van der Waals surface area contributed by atoms with Crippen molar-refractivity contribution in [3.05, 3.63) is 0 Å². The summed E-state index contributed by atoms with van der Waals surface area (Å²) < 4.78 is 24.8. The lowest BCUT2D eigenvalue weighted by Crippen LogP contribution is -2.51. The van der Waals surface area contributed by atoms with Crippen LogP contribution in [0.15, 0.2) is 4.99 Å². The summed E-state index contributed by atoms with van der Waals surface area (Å²) >= 11 is 0. The predicted molar refractivity (Wildman–Crippen MR) is 90.5 cm³/mol. The van der Waals surface area contributed by atoms with Crippen molar-refractivity contribution < 1.29 is 18.4 Å². The van der Waals surface area contributed by atoms with E-state index in [4.69, 9.17) is 0 Å². The van der Waals surface area contributed by atoms with Crippen LogP contribution in [0, 0.1) is 0 Å². The number of likely N-dealkylation sites (tertiary alicyclic amines) is 2. The van der Waals surface area contributed by atoms with Gasteiger partial charge in [-0.25, -0.2) is 8.78 Å². The minimum absolute atomic E-state index is 0.118. The van der Waals surface area contributed by atoms with Crippen molar-refractivity contribution in [2.45, 2.75) is 44.6 Å². The molecule has 9 heteroatoms. The Labute approximate surface area is 146 Å². The van der Waals surface area contributed by atoms with E-state index < -0.39 is 6.43 Å². The standard InChI is InChI=1S/C16H27F2N5O2/c1-19-16(20-7-10-23-14(24)3-2-4-15(23)25)21-12-5-8-22(9-6-12)11-13(17)18/h12-13H,2-11H2,1H3,(H2,19,20,21). The summed E-state index contributed by atoms with van der Waals surface area (Å²) in [6.45, 7) is 1.86. The second kappa shape index (κ2) is 9.65. The second-order valence-electron chi connectivity index (χ2n) is 6.40. The molecule has 0 spiro atoms. The number of halogens is 2. The molecule has 2 aliphatic heterocycles. The van der Waals surface area contributed by atoms with Gasteiger partial charge in [-0.2, -0.15) is 0 Å². The van der Waals surface area contributed by atoms with Gasteiger partial charge in [0.2, 0.25) is 11.8 Å². The van der Waals surface area contributed by atoms with Crippen molar-refractivity contribution in [1.29, 1.82) is 0 Å². The lowest BCUT2D eigenvalue weighted by atomic mass is 10.1. The van der Waals surface area contributed by atoms with E-state index in [1.54, 1.807) is 11.9 Å². The first-order valence-electron chi connectivity index (χ1n) is 8.80. The van der Waals surface area contributed by atoms with Crippen LogP contribution in [-0.2, 0) is 9.59 Å². The molecule has 2 heterocycles. The van der Waals surface area contributed by atoms with Crippen LogP contribution in [0.3, 0.4) is 0 Å². The Morgan fingerprint density at radius 3 is 2.44 bits per heavy atom. The van der Waals surface area contributed by atoms with Crippen LogP contribution >= 0.6 is 0 Å². The first kappa shape index (κ1) is 19.6. The van der Waals surface area contributed by atoms with E-state index in [9.17, 15) is 18.4 Å². The van der Waals surface area contributed by atoms with Crippen LogP contribution in [0.2, 0.25) is 0 Å². The molecule has 0 saturated carbocycles. The van der Waals surface area contributed by atoms with Crippen LogP contribution in [0.25, 0.3) is 0 Å². The molecule has 2 saturated heterocycles. The van der Waals surface area contributed by atoms with Crippen LogP contribution < -0.4 is 10.6 Å². The van der Waals surface area contributed by atoms with Gasteiger partial charge in [-0.15, -0.1) is 0 Å².